The Morgan fingerprint density at radius 1 is 1.32 bits per heavy atom. The molecule has 0 amide bonds. The molecule has 0 atom stereocenters. The summed E-state index contributed by atoms with van der Waals surface area (Å²) in [5, 5.41) is 12.9. The van der Waals surface area contributed by atoms with Crippen LogP contribution in [0.5, 0.6) is 0 Å². The van der Waals surface area contributed by atoms with Crippen molar-refractivity contribution in [2.45, 2.75) is 32.7 Å². The van der Waals surface area contributed by atoms with Crippen molar-refractivity contribution in [1.82, 2.24) is 9.78 Å². The van der Waals surface area contributed by atoms with E-state index in [0.717, 1.165) is 30.5 Å². The summed E-state index contributed by atoms with van der Waals surface area (Å²) >= 11 is 0. The molecule has 1 aromatic heterocycles. The number of aliphatic carboxylic acids is 1. The fourth-order valence-electron chi connectivity index (χ4n) is 2.22. The van der Waals surface area contributed by atoms with E-state index in [1.54, 1.807) is 0 Å². The van der Waals surface area contributed by atoms with Crippen molar-refractivity contribution in [3.63, 3.8) is 0 Å². The van der Waals surface area contributed by atoms with Gasteiger partial charge in [0.05, 0.1) is 25.8 Å². The number of hydrogen-bond donors (Lipinski definition) is 1. The number of carbonyl (C=O) groups is 1. The standard InChI is InChI=1S/C17H22N2O3/c1-2-8-19-13-16(12-18-19)15-5-3-4-14(11-15)6-9-22-10-7-17(20)21/h3-5,11-13H,2,6-10H2,1H3,(H,20,21). The quantitative estimate of drug-likeness (QED) is 0.723. The van der Waals surface area contributed by atoms with Crippen LogP contribution in [0.25, 0.3) is 11.1 Å². The minimum atomic E-state index is -0.828. The summed E-state index contributed by atoms with van der Waals surface area (Å²) < 4.78 is 7.29. The summed E-state index contributed by atoms with van der Waals surface area (Å²) in [5.74, 6) is -0.828. The molecular weight excluding hydrogens is 280 g/mol. The Morgan fingerprint density at radius 3 is 2.95 bits per heavy atom. The minimum absolute atomic E-state index is 0.0522. The first-order chi connectivity index (χ1) is 10.7. The summed E-state index contributed by atoms with van der Waals surface area (Å²) in [6.07, 6.45) is 5.84. The molecule has 0 saturated heterocycles. The first-order valence-corrected chi connectivity index (χ1v) is 7.60. The number of ether oxygens (including phenoxy) is 1. The molecule has 0 unspecified atom stereocenters. The van der Waals surface area contributed by atoms with Crippen molar-refractivity contribution < 1.29 is 14.6 Å². The highest BCUT2D eigenvalue weighted by molar-refractivity contribution is 5.66. The maximum absolute atomic E-state index is 10.4. The van der Waals surface area contributed by atoms with E-state index < -0.39 is 5.97 Å². The van der Waals surface area contributed by atoms with Crippen molar-refractivity contribution in [2.75, 3.05) is 13.2 Å². The zero-order valence-electron chi connectivity index (χ0n) is 12.9. The highest BCUT2D eigenvalue weighted by atomic mass is 16.5. The molecule has 0 bridgehead atoms. The second kappa shape index (κ2) is 8.34. The minimum Gasteiger partial charge on any atom is -0.481 e. The molecule has 1 aromatic carbocycles. The van der Waals surface area contributed by atoms with E-state index in [1.165, 1.54) is 5.56 Å². The van der Waals surface area contributed by atoms with Gasteiger partial charge < -0.3 is 9.84 Å². The third-order valence-corrected chi connectivity index (χ3v) is 3.34. The van der Waals surface area contributed by atoms with Gasteiger partial charge in [0.2, 0.25) is 0 Å². The molecule has 5 heteroatoms. The van der Waals surface area contributed by atoms with E-state index in [-0.39, 0.29) is 13.0 Å². The molecule has 2 rings (SSSR count). The van der Waals surface area contributed by atoms with Gasteiger partial charge in [0.15, 0.2) is 0 Å². The smallest absolute Gasteiger partial charge is 0.305 e. The van der Waals surface area contributed by atoms with Gasteiger partial charge in [-0.1, -0.05) is 31.2 Å². The van der Waals surface area contributed by atoms with E-state index in [9.17, 15) is 4.79 Å². The number of benzene rings is 1. The van der Waals surface area contributed by atoms with Crippen LogP contribution in [-0.4, -0.2) is 34.1 Å². The van der Waals surface area contributed by atoms with Gasteiger partial charge in [0.25, 0.3) is 0 Å². The molecule has 0 saturated carbocycles. The van der Waals surface area contributed by atoms with Gasteiger partial charge in [-0.15, -0.1) is 0 Å². The zero-order chi connectivity index (χ0) is 15.8. The lowest BCUT2D eigenvalue weighted by Gasteiger charge is -2.05. The van der Waals surface area contributed by atoms with Crippen molar-refractivity contribution in [3.05, 3.63) is 42.2 Å². The first-order valence-electron chi connectivity index (χ1n) is 7.60. The molecule has 0 aliphatic rings. The van der Waals surface area contributed by atoms with Crippen molar-refractivity contribution >= 4 is 5.97 Å². The Balaban J connectivity index is 1.90. The number of nitrogens with zero attached hydrogens (tertiary/aromatic N) is 2. The summed E-state index contributed by atoms with van der Waals surface area (Å²) in [7, 11) is 0. The van der Waals surface area contributed by atoms with Crippen LogP contribution < -0.4 is 0 Å². The SMILES string of the molecule is CCCn1cc(-c2cccc(CCOCCC(=O)O)c2)cn1. The van der Waals surface area contributed by atoms with E-state index in [2.05, 4.69) is 36.4 Å². The van der Waals surface area contributed by atoms with Crippen LogP contribution in [0.15, 0.2) is 36.7 Å². The van der Waals surface area contributed by atoms with E-state index >= 15 is 0 Å². The molecule has 0 radical (unpaired) electrons. The summed E-state index contributed by atoms with van der Waals surface area (Å²) in [6, 6.07) is 8.29. The summed E-state index contributed by atoms with van der Waals surface area (Å²) in [6.45, 7) is 3.86. The predicted octanol–water partition coefficient (Wildman–Crippen LogP) is 2.99. The maximum atomic E-state index is 10.4. The third-order valence-electron chi connectivity index (χ3n) is 3.34. The summed E-state index contributed by atoms with van der Waals surface area (Å²) in [4.78, 5) is 10.4. The van der Waals surface area contributed by atoms with Crippen molar-refractivity contribution in [1.29, 1.82) is 0 Å². The number of carboxylic acid groups (broad SMARTS) is 1. The second-order valence-electron chi connectivity index (χ2n) is 5.20. The number of rotatable bonds is 9. The van der Waals surface area contributed by atoms with E-state index in [4.69, 9.17) is 9.84 Å². The monoisotopic (exact) mass is 302 g/mol. The average Bonchev–Trinajstić information content (AvgIpc) is 2.96. The largest absolute Gasteiger partial charge is 0.481 e. The normalized spacial score (nSPS) is 10.8. The molecule has 0 fully saturated rings. The van der Waals surface area contributed by atoms with E-state index in [0.29, 0.717) is 6.61 Å². The number of hydrogen-bond acceptors (Lipinski definition) is 3. The predicted molar refractivity (Wildman–Crippen MR) is 84.7 cm³/mol. The van der Waals surface area contributed by atoms with Gasteiger partial charge in [0.1, 0.15) is 0 Å². The van der Waals surface area contributed by atoms with E-state index in [1.807, 2.05) is 16.9 Å². The fraction of sp³-hybridized carbons (Fsp3) is 0.412. The lowest BCUT2D eigenvalue weighted by Crippen LogP contribution is -2.05. The molecule has 1 heterocycles. The van der Waals surface area contributed by atoms with Crippen LogP contribution in [0.3, 0.4) is 0 Å². The molecule has 0 aliphatic carbocycles. The number of aryl methyl sites for hydroxylation is 1. The number of aromatic nitrogens is 2. The van der Waals surface area contributed by atoms with Gasteiger partial charge in [-0.3, -0.25) is 9.48 Å². The van der Waals surface area contributed by atoms with Crippen LogP contribution in [0.4, 0.5) is 0 Å². The Morgan fingerprint density at radius 2 is 2.18 bits per heavy atom. The van der Waals surface area contributed by atoms with Crippen molar-refractivity contribution in [3.8, 4) is 11.1 Å². The Kier molecular flexibility index (Phi) is 6.15. The molecular formula is C17H22N2O3. The van der Waals surface area contributed by atoms with Crippen LogP contribution in [-0.2, 0) is 22.5 Å². The molecule has 118 valence electrons. The van der Waals surface area contributed by atoms with Gasteiger partial charge in [-0.2, -0.15) is 5.10 Å². The fourth-order valence-corrected chi connectivity index (χ4v) is 2.22. The van der Waals surface area contributed by atoms with Crippen molar-refractivity contribution in [2.24, 2.45) is 0 Å². The van der Waals surface area contributed by atoms with Gasteiger partial charge >= 0.3 is 5.97 Å². The Labute approximate surface area is 130 Å². The van der Waals surface area contributed by atoms with Crippen LogP contribution in [0.2, 0.25) is 0 Å². The van der Waals surface area contributed by atoms with Crippen LogP contribution in [0.1, 0.15) is 25.3 Å². The molecule has 1 N–H and O–H groups in total. The zero-order valence-corrected chi connectivity index (χ0v) is 12.9. The lowest BCUT2D eigenvalue weighted by molar-refractivity contribution is -0.138. The molecule has 5 nitrogen and oxygen atoms in total. The molecule has 2 aromatic rings. The average molecular weight is 302 g/mol. The Hall–Kier alpha value is -2.14. The van der Waals surface area contributed by atoms with Gasteiger partial charge in [0, 0.05) is 18.3 Å². The third kappa shape index (κ3) is 5.00. The second-order valence-corrected chi connectivity index (χ2v) is 5.20. The highest BCUT2D eigenvalue weighted by Gasteiger charge is 2.03. The Bertz CT molecular complexity index is 607. The summed E-state index contributed by atoms with van der Waals surface area (Å²) in [5.41, 5.74) is 3.43. The van der Waals surface area contributed by atoms with Gasteiger partial charge in [-0.05, 0) is 24.0 Å². The molecule has 0 spiro atoms. The molecule has 22 heavy (non-hydrogen) atoms. The molecule has 0 aliphatic heterocycles. The maximum Gasteiger partial charge on any atom is 0.305 e. The van der Waals surface area contributed by atoms with Gasteiger partial charge in [-0.25, -0.2) is 0 Å². The van der Waals surface area contributed by atoms with Crippen LogP contribution >= 0.6 is 0 Å². The highest BCUT2D eigenvalue weighted by Crippen LogP contribution is 2.20. The van der Waals surface area contributed by atoms with Crippen LogP contribution in [0, 0.1) is 0 Å². The lowest BCUT2D eigenvalue weighted by atomic mass is 10.0. The first kappa shape index (κ1) is 16.2. The topological polar surface area (TPSA) is 64.3 Å². The number of carboxylic acids is 1.